The summed E-state index contributed by atoms with van der Waals surface area (Å²) in [7, 11) is 0. The molecule has 0 bridgehead atoms. The molecule has 1 aliphatic carbocycles. The van der Waals surface area contributed by atoms with Crippen molar-refractivity contribution in [2.45, 2.75) is 57.8 Å². The minimum absolute atomic E-state index is 0.0871. The van der Waals surface area contributed by atoms with Crippen molar-refractivity contribution in [1.82, 2.24) is 0 Å². The van der Waals surface area contributed by atoms with Crippen molar-refractivity contribution >= 4 is 66.4 Å². The molecule has 9 aromatic carbocycles. The normalized spacial score (nSPS) is 16.3. The molecule has 2 heterocycles. The summed E-state index contributed by atoms with van der Waals surface area (Å²) in [6.07, 6.45) is 0. The quantitative estimate of drug-likeness (QED) is 0.162. The van der Waals surface area contributed by atoms with Gasteiger partial charge in [-0.25, -0.2) is 0 Å². The summed E-state index contributed by atoms with van der Waals surface area (Å²) >= 11 is 0. The van der Waals surface area contributed by atoms with Gasteiger partial charge in [0, 0.05) is 27.0 Å². The average Bonchev–Trinajstić information content (AvgIpc) is 3.48. The number of anilines is 6. The van der Waals surface area contributed by atoms with E-state index in [9.17, 15) is 0 Å². The maximum atomic E-state index is 2.59. The van der Waals surface area contributed by atoms with Gasteiger partial charge < -0.3 is 9.80 Å². The van der Waals surface area contributed by atoms with Gasteiger partial charge in [0.15, 0.2) is 0 Å². The van der Waals surface area contributed by atoms with Gasteiger partial charge in [-0.1, -0.05) is 175 Å². The third-order valence-corrected chi connectivity index (χ3v) is 14.4. The van der Waals surface area contributed by atoms with Gasteiger partial charge in [-0.2, -0.15) is 0 Å². The summed E-state index contributed by atoms with van der Waals surface area (Å²) in [4.78, 5) is 5.12. The van der Waals surface area contributed by atoms with Crippen molar-refractivity contribution in [3.8, 4) is 11.1 Å². The van der Waals surface area contributed by atoms with E-state index in [0.29, 0.717) is 0 Å². The molecule has 284 valence electrons. The topological polar surface area (TPSA) is 6.48 Å². The van der Waals surface area contributed by atoms with Crippen LogP contribution in [0.15, 0.2) is 170 Å². The second-order valence-electron chi connectivity index (χ2n) is 18.5. The Morgan fingerprint density at radius 1 is 0.254 bits per heavy atom. The van der Waals surface area contributed by atoms with Crippen LogP contribution in [0.3, 0.4) is 0 Å². The first-order valence-corrected chi connectivity index (χ1v) is 21.1. The van der Waals surface area contributed by atoms with Crippen molar-refractivity contribution < 1.29 is 0 Å². The molecule has 0 saturated carbocycles. The molecule has 0 unspecified atom stereocenters. The maximum absolute atomic E-state index is 2.59. The molecule has 2 aliphatic heterocycles. The Kier molecular flexibility index (Phi) is 6.84. The van der Waals surface area contributed by atoms with Crippen LogP contribution in [0.2, 0.25) is 0 Å². The zero-order valence-corrected chi connectivity index (χ0v) is 34.6. The van der Waals surface area contributed by atoms with E-state index < -0.39 is 0 Å². The number of benzene rings is 9. The lowest BCUT2D eigenvalue weighted by Crippen LogP contribution is -2.31. The van der Waals surface area contributed by atoms with Crippen molar-refractivity contribution in [2.75, 3.05) is 9.80 Å². The minimum Gasteiger partial charge on any atom is -0.309 e. The van der Waals surface area contributed by atoms with E-state index in [1.807, 2.05) is 0 Å². The van der Waals surface area contributed by atoms with Crippen LogP contribution in [-0.2, 0) is 16.2 Å². The standard InChI is InChI=1S/C57H46N2/c1-55(2)43-24-12-11-21-37(43)42-33-54-48(34-47(42)55)57(5,6)46-27-15-18-30-51(46)59(54)53-32-41-35-19-7-9-22-38(35)52(31-40(41)36-20-8-10-23-39(36)53)58-49-28-16-13-25-44(49)56(3,4)45-26-14-17-29-50(45)58/h7-34H,1-6H3. The molecular weight excluding hydrogens is 713 g/mol. The fourth-order valence-electron chi connectivity index (χ4n) is 11.4. The van der Waals surface area contributed by atoms with Crippen LogP contribution < -0.4 is 9.80 Å². The van der Waals surface area contributed by atoms with E-state index in [1.165, 1.54) is 111 Å². The summed E-state index contributed by atoms with van der Waals surface area (Å²) < 4.78 is 0. The molecule has 2 heteroatoms. The molecule has 0 N–H and O–H groups in total. The number of nitrogens with zero attached hydrogens (tertiary/aromatic N) is 2. The number of hydrogen-bond donors (Lipinski definition) is 0. The zero-order valence-electron chi connectivity index (χ0n) is 34.6. The predicted molar refractivity (Wildman–Crippen MR) is 250 cm³/mol. The van der Waals surface area contributed by atoms with Crippen LogP contribution in [0.1, 0.15) is 74.9 Å². The molecule has 9 aromatic rings. The Morgan fingerprint density at radius 3 is 1.14 bits per heavy atom. The van der Waals surface area contributed by atoms with Gasteiger partial charge >= 0.3 is 0 Å². The molecule has 0 radical (unpaired) electrons. The Balaban J connectivity index is 1.17. The van der Waals surface area contributed by atoms with E-state index in [0.717, 1.165) is 0 Å². The number of para-hydroxylation sites is 3. The smallest absolute Gasteiger partial charge is 0.0546 e. The third kappa shape index (κ3) is 4.47. The van der Waals surface area contributed by atoms with Crippen LogP contribution in [0.4, 0.5) is 34.1 Å². The van der Waals surface area contributed by atoms with E-state index in [1.54, 1.807) is 0 Å². The lowest BCUT2D eigenvalue weighted by Gasteiger charge is -2.43. The van der Waals surface area contributed by atoms with E-state index in [4.69, 9.17) is 0 Å². The van der Waals surface area contributed by atoms with Crippen LogP contribution in [0.5, 0.6) is 0 Å². The second kappa shape index (κ2) is 11.7. The molecule has 3 aliphatic rings. The Hall–Kier alpha value is -6.64. The Morgan fingerprint density at radius 2 is 0.627 bits per heavy atom. The fraction of sp³-hybridized carbons (Fsp3) is 0.158. The first kappa shape index (κ1) is 34.4. The van der Waals surface area contributed by atoms with Gasteiger partial charge in [0.05, 0.1) is 34.1 Å². The molecule has 0 saturated heterocycles. The number of rotatable bonds is 2. The lowest BCUT2D eigenvalue weighted by atomic mass is 9.71. The Labute approximate surface area is 347 Å². The molecule has 0 aromatic heterocycles. The fourth-order valence-corrected chi connectivity index (χ4v) is 11.4. The highest BCUT2D eigenvalue weighted by Crippen LogP contribution is 2.59. The molecule has 0 amide bonds. The average molecular weight is 759 g/mol. The van der Waals surface area contributed by atoms with Crippen molar-refractivity contribution in [2.24, 2.45) is 0 Å². The maximum Gasteiger partial charge on any atom is 0.0546 e. The van der Waals surface area contributed by atoms with Crippen LogP contribution in [0.25, 0.3) is 43.4 Å². The minimum atomic E-state index is -0.202. The van der Waals surface area contributed by atoms with Gasteiger partial charge in [-0.3, -0.25) is 0 Å². The lowest BCUT2D eigenvalue weighted by molar-refractivity contribution is 0.620. The predicted octanol–water partition coefficient (Wildman–Crippen LogP) is 15.7. The van der Waals surface area contributed by atoms with Gasteiger partial charge in [0.1, 0.15) is 0 Å². The second-order valence-corrected chi connectivity index (χ2v) is 18.5. The highest BCUT2D eigenvalue weighted by atomic mass is 15.2. The van der Waals surface area contributed by atoms with Crippen LogP contribution in [-0.4, -0.2) is 0 Å². The van der Waals surface area contributed by atoms with Gasteiger partial charge in [-0.05, 0) is 102 Å². The summed E-state index contributed by atoms with van der Waals surface area (Å²) in [6, 6.07) is 64.3. The van der Waals surface area contributed by atoms with Crippen molar-refractivity contribution in [1.29, 1.82) is 0 Å². The number of fused-ring (bicyclic) bond motifs is 12. The summed E-state index contributed by atoms with van der Waals surface area (Å²) in [6.45, 7) is 14.3. The molecule has 0 atom stereocenters. The monoisotopic (exact) mass is 758 g/mol. The molecule has 12 rings (SSSR count). The van der Waals surface area contributed by atoms with E-state index >= 15 is 0 Å². The first-order chi connectivity index (χ1) is 28.6. The molecule has 0 fully saturated rings. The largest absolute Gasteiger partial charge is 0.309 e. The number of hydrogen-bond acceptors (Lipinski definition) is 2. The van der Waals surface area contributed by atoms with Gasteiger partial charge in [0.25, 0.3) is 0 Å². The summed E-state index contributed by atoms with van der Waals surface area (Å²) in [5.41, 5.74) is 17.9. The van der Waals surface area contributed by atoms with Crippen LogP contribution in [0, 0.1) is 0 Å². The third-order valence-electron chi connectivity index (χ3n) is 14.4. The summed E-state index contributed by atoms with van der Waals surface area (Å²) in [5, 5.41) is 7.50. The highest BCUT2D eigenvalue weighted by Gasteiger charge is 2.43. The molecule has 2 nitrogen and oxygen atoms in total. The molecular formula is C57H46N2. The van der Waals surface area contributed by atoms with Crippen molar-refractivity contribution in [3.63, 3.8) is 0 Å². The molecule has 59 heavy (non-hydrogen) atoms. The van der Waals surface area contributed by atoms with Crippen molar-refractivity contribution in [3.05, 3.63) is 203 Å². The van der Waals surface area contributed by atoms with Gasteiger partial charge in [0.2, 0.25) is 0 Å². The van der Waals surface area contributed by atoms with Gasteiger partial charge in [-0.15, -0.1) is 0 Å². The van der Waals surface area contributed by atoms with E-state index in [2.05, 4.69) is 221 Å². The SMILES string of the molecule is CC1(C)c2ccccc2-c2cc3c(cc21)C(C)(C)c1ccccc1N3c1cc2c3ccccc3c(N3c4ccccc4C(C)(C)c4ccccc43)cc2c2ccccc12. The summed E-state index contributed by atoms with van der Waals surface area (Å²) in [5.74, 6) is 0. The zero-order chi connectivity index (χ0) is 40.0. The molecule has 0 spiro atoms. The Bertz CT molecular complexity index is 3220. The van der Waals surface area contributed by atoms with Crippen LogP contribution >= 0.6 is 0 Å². The first-order valence-electron chi connectivity index (χ1n) is 21.1. The van der Waals surface area contributed by atoms with E-state index in [-0.39, 0.29) is 16.2 Å². The highest BCUT2D eigenvalue weighted by molar-refractivity contribution is 6.25.